The fourth-order valence-corrected chi connectivity index (χ4v) is 1.67. The first kappa shape index (κ1) is 13.5. The number of carbonyl (C=O) groups is 1. The quantitative estimate of drug-likeness (QED) is 0.689. The Bertz CT molecular complexity index is 388. The van der Waals surface area contributed by atoms with E-state index in [9.17, 15) is 9.90 Å². The lowest BCUT2D eigenvalue weighted by Gasteiger charge is -2.30. The lowest BCUT2D eigenvalue weighted by molar-refractivity contribution is 0.0813. The molecule has 1 rings (SSSR count). The second kappa shape index (κ2) is 5.18. The van der Waals surface area contributed by atoms with Crippen LogP contribution in [0.1, 0.15) is 37.2 Å². The molecule has 0 saturated carbocycles. The molecule has 1 heterocycles. The molecule has 17 heavy (non-hydrogen) atoms. The molecule has 6 nitrogen and oxygen atoms in total. The van der Waals surface area contributed by atoms with Crippen molar-refractivity contribution in [2.75, 3.05) is 12.3 Å². The largest absolute Gasteiger partial charge is 0.396 e. The van der Waals surface area contributed by atoms with Crippen molar-refractivity contribution >= 4 is 11.6 Å². The van der Waals surface area contributed by atoms with Crippen molar-refractivity contribution in [3.63, 3.8) is 0 Å². The number of anilines is 1. The molecule has 0 aliphatic carbocycles. The summed E-state index contributed by atoms with van der Waals surface area (Å²) in [5, 5.41) is 16.2. The van der Waals surface area contributed by atoms with Gasteiger partial charge in [-0.2, -0.15) is 5.10 Å². The average Bonchev–Trinajstić information content (AvgIpc) is 2.65. The van der Waals surface area contributed by atoms with Crippen molar-refractivity contribution in [1.82, 2.24) is 15.1 Å². The van der Waals surface area contributed by atoms with Gasteiger partial charge in [0.05, 0.1) is 17.8 Å². The number of aliphatic hydroxyl groups excluding tert-OH is 1. The molecule has 0 aromatic carbocycles. The van der Waals surface area contributed by atoms with Crippen LogP contribution < -0.4 is 11.1 Å². The second-order valence-electron chi connectivity index (χ2n) is 4.21. The van der Waals surface area contributed by atoms with Gasteiger partial charge in [0.1, 0.15) is 0 Å². The summed E-state index contributed by atoms with van der Waals surface area (Å²) in [7, 11) is 1.70. The highest BCUT2D eigenvalue weighted by atomic mass is 16.3. The fraction of sp³-hybridized carbons (Fsp3) is 0.636. The standard InChI is InChI=1S/C11H20N4O2/c1-4-11(5-2,7-16)13-10(17)9-8(12)6-15(3)14-9/h6,16H,4-5,7,12H2,1-3H3,(H,13,17). The van der Waals surface area contributed by atoms with Crippen molar-refractivity contribution in [3.8, 4) is 0 Å². The van der Waals surface area contributed by atoms with Crippen LogP contribution in [0.2, 0.25) is 0 Å². The van der Waals surface area contributed by atoms with Crippen LogP contribution in [-0.2, 0) is 7.05 Å². The zero-order valence-corrected chi connectivity index (χ0v) is 10.5. The number of carbonyl (C=O) groups excluding carboxylic acids is 1. The Morgan fingerprint density at radius 1 is 1.59 bits per heavy atom. The molecule has 0 saturated heterocycles. The van der Waals surface area contributed by atoms with E-state index < -0.39 is 5.54 Å². The first-order chi connectivity index (χ1) is 7.98. The summed E-state index contributed by atoms with van der Waals surface area (Å²) >= 11 is 0. The molecule has 0 fully saturated rings. The Kier molecular flexibility index (Phi) is 4.11. The fourth-order valence-electron chi connectivity index (χ4n) is 1.67. The van der Waals surface area contributed by atoms with Gasteiger partial charge in [-0.15, -0.1) is 0 Å². The van der Waals surface area contributed by atoms with Crippen LogP contribution in [0.25, 0.3) is 0 Å². The van der Waals surface area contributed by atoms with Crippen molar-refractivity contribution in [2.45, 2.75) is 32.2 Å². The van der Waals surface area contributed by atoms with Crippen molar-refractivity contribution < 1.29 is 9.90 Å². The van der Waals surface area contributed by atoms with Crippen LogP contribution in [0.3, 0.4) is 0 Å². The summed E-state index contributed by atoms with van der Waals surface area (Å²) in [6.07, 6.45) is 2.88. The van der Waals surface area contributed by atoms with E-state index in [1.54, 1.807) is 13.2 Å². The molecule has 1 aromatic heterocycles. The zero-order valence-electron chi connectivity index (χ0n) is 10.5. The summed E-state index contributed by atoms with van der Waals surface area (Å²) in [5.74, 6) is -0.346. The van der Waals surface area contributed by atoms with Crippen molar-refractivity contribution in [3.05, 3.63) is 11.9 Å². The maximum atomic E-state index is 12.0. The first-order valence-corrected chi connectivity index (χ1v) is 5.70. The maximum absolute atomic E-state index is 12.0. The molecule has 96 valence electrons. The number of hydrogen-bond donors (Lipinski definition) is 3. The number of nitrogens with one attached hydrogen (secondary N) is 1. The molecule has 6 heteroatoms. The lowest BCUT2D eigenvalue weighted by atomic mass is 9.93. The van der Waals surface area contributed by atoms with Gasteiger partial charge in [0.15, 0.2) is 5.69 Å². The van der Waals surface area contributed by atoms with E-state index in [1.165, 1.54) is 4.68 Å². The van der Waals surface area contributed by atoms with Crippen molar-refractivity contribution in [2.24, 2.45) is 7.05 Å². The minimum absolute atomic E-state index is 0.0987. The monoisotopic (exact) mass is 240 g/mol. The summed E-state index contributed by atoms with van der Waals surface area (Å²) < 4.78 is 1.49. The van der Waals surface area contributed by atoms with Gasteiger partial charge in [-0.3, -0.25) is 9.48 Å². The Labute approximate surface area is 101 Å². The van der Waals surface area contributed by atoms with Crippen LogP contribution in [0.5, 0.6) is 0 Å². The second-order valence-corrected chi connectivity index (χ2v) is 4.21. The number of aromatic nitrogens is 2. The van der Waals surface area contributed by atoms with Gasteiger partial charge in [0, 0.05) is 13.2 Å². The van der Waals surface area contributed by atoms with Crippen LogP contribution >= 0.6 is 0 Å². The predicted octanol–water partition coefficient (Wildman–Crippen LogP) is 0.283. The van der Waals surface area contributed by atoms with Gasteiger partial charge in [0.25, 0.3) is 5.91 Å². The molecule has 4 N–H and O–H groups in total. The van der Waals surface area contributed by atoms with E-state index in [1.807, 2.05) is 13.8 Å². The zero-order chi connectivity index (χ0) is 13.1. The Balaban J connectivity index is 2.88. The average molecular weight is 240 g/mol. The molecule has 0 bridgehead atoms. The highest BCUT2D eigenvalue weighted by molar-refractivity contribution is 5.97. The van der Waals surface area contributed by atoms with Crippen LogP contribution in [0, 0.1) is 0 Å². The van der Waals surface area contributed by atoms with Crippen LogP contribution in [-0.4, -0.2) is 32.9 Å². The van der Waals surface area contributed by atoms with Gasteiger partial charge < -0.3 is 16.2 Å². The summed E-state index contributed by atoms with van der Waals surface area (Å²) in [6, 6.07) is 0. The third kappa shape index (κ3) is 2.76. The summed E-state index contributed by atoms with van der Waals surface area (Å²) in [6.45, 7) is 3.74. The number of aryl methyl sites for hydroxylation is 1. The topological polar surface area (TPSA) is 93.2 Å². The van der Waals surface area contributed by atoms with Crippen molar-refractivity contribution in [1.29, 1.82) is 0 Å². The number of aliphatic hydroxyl groups is 1. The van der Waals surface area contributed by atoms with E-state index in [0.29, 0.717) is 18.5 Å². The molecule has 0 radical (unpaired) electrons. The number of hydrogen-bond acceptors (Lipinski definition) is 4. The number of nitrogens with zero attached hydrogens (tertiary/aromatic N) is 2. The van der Waals surface area contributed by atoms with E-state index in [2.05, 4.69) is 10.4 Å². The molecule has 0 atom stereocenters. The molecular formula is C11H20N4O2. The highest BCUT2D eigenvalue weighted by Crippen LogP contribution is 2.16. The van der Waals surface area contributed by atoms with Gasteiger partial charge in [-0.1, -0.05) is 13.8 Å². The van der Waals surface area contributed by atoms with Gasteiger partial charge in [-0.25, -0.2) is 0 Å². The van der Waals surface area contributed by atoms with E-state index >= 15 is 0 Å². The Morgan fingerprint density at radius 2 is 2.18 bits per heavy atom. The first-order valence-electron chi connectivity index (χ1n) is 5.70. The molecular weight excluding hydrogens is 220 g/mol. The minimum atomic E-state index is -0.596. The Hall–Kier alpha value is -1.56. The normalized spacial score (nSPS) is 11.5. The van der Waals surface area contributed by atoms with Gasteiger partial charge >= 0.3 is 0 Å². The lowest BCUT2D eigenvalue weighted by Crippen LogP contribution is -2.50. The van der Waals surface area contributed by atoms with E-state index in [-0.39, 0.29) is 18.2 Å². The minimum Gasteiger partial charge on any atom is -0.396 e. The third-order valence-electron chi connectivity index (χ3n) is 3.11. The maximum Gasteiger partial charge on any atom is 0.274 e. The van der Waals surface area contributed by atoms with E-state index in [0.717, 1.165) is 0 Å². The molecule has 1 amide bonds. The number of nitrogens with two attached hydrogens (primary N) is 1. The van der Waals surface area contributed by atoms with Gasteiger partial charge in [0.2, 0.25) is 0 Å². The van der Waals surface area contributed by atoms with Crippen LogP contribution in [0.15, 0.2) is 6.20 Å². The van der Waals surface area contributed by atoms with E-state index in [4.69, 9.17) is 5.73 Å². The predicted molar refractivity (Wildman–Crippen MR) is 65.5 cm³/mol. The number of nitrogen functional groups attached to an aromatic ring is 1. The Morgan fingerprint density at radius 3 is 2.53 bits per heavy atom. The third-order valence-corrected chi connectivity index (χ3v) is 3.11. The molecule has 0 spiro atoms. The smallest absolute Gasteiger partial charge is 0.274 e. The molecule has 0 unspecified atom stereocenters. The van der Waals surface area contributed by atoms with Crippen LogP contribution in [0.4, 0.5) is 5.69 Å². The number of amides is 1. The molecule has 0 aliphatic rings. The number of rotatable bonds is 5. The summed E-state index contributed by atoms with van der Waals surface area (Å²) in [5.41, 5.74) is 5.62. The molecule has 1 aromatic rings. The SMILES string of the molecule is CCC(CC)(CO)NC(=O)c1nn(C)cc1N. The van der Waals surface area contributed by atoms with Gasteiger partial charge in [-0.05, 0) is 12.8 Å². The summed E-state index contributed by atoms with van der Waals surface area (Å²) in [4.78, 5) is 12.0. The highest BCUT2D eigenvalue weighted by Gasteiger charge is 2.29. The molecule has 0 aliphatic heterocycles.